The van der Waals surface area contributed by atoms with Gasteiger partial charge < -0.3 is 16.2 Å². The highest BCUT2D eigenvalue weighted by Gasteiger charge is 2.20. The molecule has 0 aliphatic carbocycles. The minimum Gasteiger partial charge on any atom is -0.494 e. The Kier molecular flexibility index (Phi) is 6.24. The van der Waals surface area contributed by atoms with Gasteiger partial charge in [-0.2, -0.15) is 4.39 Å². The molecule has 0 saturated heterocycles. The van der Waals surface area contributed by atoms with Gasteiger partial charge in [-0.15, -0.1) is 0 Å². The van der Waals surface area contributed by atoms with E-state index in [9.17, 15) is 27.5 Å². The number of benzene rings is 1. The van der Waals surface area contributed by atoms with Gasteiger partial charge in [0.15, 0.2) is 5.13 Å². The molecule has 0 radical (unpaired) electrons. The van der Waals surface area contributed by atoms with E-state index < -0.39 is 26.7 Å². The van der Waals surface area contributed by atoms with Crippen LogP contribution in [0.15, 0.2) is 68.7 Å². The van der Waals surface area contributed by atoms with E-state index in [1.807, 2.05) is 0 Å². The zero-order valence-electron chi connectivity index (χ0n) is 17.9. The number of hydrogen-bond acceptors (Lipinski definition) is 8. The van der Waals surface area contributed by atoms with Crippen molar-refractivity contribution in [2.45, 2.75) is 4.21 Å². The van der Waals surface area contributed by atoms with Crippen molar-refractivity contribution in [2.75, 3.05) is 12.4 Å². The highest BCUT2D eigenvalue weighted by Crippen LogP contribution is 2.26. The average molecular weight is 517 g/mol. The summed E-state index contributed by atoms with van der Waals surface area (Å²) in [4.78, 5) is 32.7. The lowest BCUT2D eigenvalue weighted by Gasteiger charge is -2.12. The number of carbonyl (C=O) groups is 1. The number of aromatic nitrogens is 2. The number of amides is 2. The maximum Gasteiger partial charge on any atom is 0.333 e. The number of rotatable bonds is 5. The minimum absolute atomic E-state index is 0.0563. The molecule has 0 bridgehead atoms. The summed E-state index contributed by atoms with van der Waals surface area (Å²) in [5.41, 5.74) is 5.93. The average Bonchev–Trinajstić information content (AvgIpc) is 3.26. The van der Waals surface area contributed by atoms with Crippen LogP contribution >= 0.6 is 11.3 Å². The summed E-state index contributed by atoms with van der Waals surface area (Å²) in [7, 11) is -2.72. The lowest BCUT2D eigenvalue weighted by atomic mass is 10.1. The van der Waals surface area contributed by atoms with E-state index in [-0.39, 0.29) is 27.4 Å². The molecule has 0 unspecified atom stereocenters. The number of fused-ring (bicyclic) bond motifs is 1. The van der Waals surface area contributed by atoms with Crippen LogP contribution in [0, 0.1) is 5.13 Å². The smallest absolute Gasteiger partial charge is 0.333 e. The maximum absolute atomic E-state index is 13.1. The summed E-state index contributed by atoms with van der Waals surface area (Å²) in [5, 5.41) is 13.1. The van der Waals surface area contributed by atoms with Gasteiger partial charge in [0.05, 0.1) is 11.9 Å². The van der Waals surface area contributed by atoms with Crippen molar-refractivity contribution in [3.8, 4) is 11.7 Å². The Morgan fingerprint density at radius 2 is 1.97 bits per heavy atom. The third kappa shape index (κ3) is 4.83. The molecular weight excluding hydrogens is 499 g/mol. The Morgan fingerprint density at radius 1 is 1.20 bits per heavy atom. The lowest BCUT2D eigenvalue weighted by Crippen LogP contribution is -2.34. The van der Waals surface area contributed by atoms with Crippen LogP contribution in [0.1, 0.15) is 5.56 Å². The fourth-order valence-electron chi connectivity index (χ4n) is 3.18. The quantitative estimate of drug-likeness (QED) is 0.233. The van der Waals surface area contributed by atoms with Gasteiger partial charge >= 0.3 is 6.03 Å². The molecule has 180 valence electrons. The number of aliphatic imine (C=N–C) groups is 1. The van der Waals surface area contributed by atoms with Gasteiger partial charge in [-0.25, -0.2) is 27.5 Å². The molecule has 4 aromatic rings. The summed E-state index contributed by atoms with van der Waals surface area (Å²) in [6, 6.07) is 9.79. The molecule has 4 rings (SSSR count). The summed E-state index contributed by atoms with van der Waals surface area (Å²) >= 11 is 0.372. The zero-order chi connectivity index (χ0) is 25.3. The van der Waals surface area contributed by atoms with Crippen LogP contribution in [0.2, 0.25) is 0 Å². The van der Waals surface area contributed by atoms with Crippen molar-refractivity contribution in [3.63, 3.8) is 0 Å². The molecule has 0 aliphatic heterocycles. The number of pyridine rings is 2. The van der Waals surface area contributed by atoms with Crippen molar-refractivity contribution >= 4 is 49.7 Å². The topological polar surface area (TPSA) is 169 Å². The van der Waals surface area contributed by atoms with Crippen molar-refractivity contribution in [3.05, 3.63) is 75.8 Å². The van der Waals surface area contributed by atoms with E-state index in [0.29, 0.717) is 27.7 Å². The van der Waals surface area contributed by atoms with E-state index in [2.05, 4.69) is 15.3 Å². The first-order valence-corrected chi connectivity index (χ1v) is 12.1. The number of nitrogens with two attached hydrogens (primary N) is 1. The van der Waals surface area contributed by atoms with Crippen molar-refractivity contribution in [1.29, 1.82) is 0 Å². The standard InChI is InChI=1S/C21H17FN6O5S2/c1-24-19(23)11-2-4-14-12(8-11)9-17(29)28(20(14)30)16-6-3-13(10-25-16)26-21(31)27-35(32,33)18-7-5-15(22)34-18/h2-10,30H,1H3,(H2,23,24)(H2,26,27,31). The molecule has 0 aliphatic rings. The molecule has 3 heterocycles. The second kappa shape index (κ2) is 9.15. The first-order valence-electron chi connectivity index (χ1n) is 9.76. The molecule has 5 N–H and O–H groups in total. The number of nitrogens with zero attached hydrogens (tertiary/aromatic N) is 3. The number of anilines is 1. The molecule has 2 amide bonds. The summed E-state index contributed by atoms with van der Waals surface area (Å²) in [6.07, 6.45) is 1.17. The number of sulfonamides is 1. The normalized spacial score (nSPS) is 12.0. The fraction of sp³-hybridized carbons (Fsp3) is 0.0476. The fourth-order valence-corrected chi connectivity index (χ4v) is 5.09. The molecule has 14 heteroatoms. The third-order valence-electron chi connectivity index (χ3n) is 4.82. The number of urea groups is 1. The van der Waals surface area contributed by atoms with Gasteiger partial charge in [0.2, 0.25) is 5.88 Å². The molecule has 0 saturated carbocycles. The van der Waals surface area contributed by atoms with Gasteiger partial charge in [-0.3, -0.25) is 9.79 Å². The zero-order valence-corrected chi connectivity index (χ0v) is 19.5. The Bertz CT molecular complexity index is 1650. The molecule has 3 aromatic heterocycles. The van der Waals surface area contributed by atoms with Crippen molar-refractivity contribution in [2.24, 2.45) is 10.7 Å². The Hall–Kier alpha value is -4.30. The molecule has 0 atom stereocenters. The maximum atomic E-state index is 13.1. The minimum atomic E-state index is -4.25. The molecule has 35 heavy (non-hydrogen) atoms. The first-order chi connectivity index (χ1) is 16.6. The largest absolute Gasteiger partial charge is 0.494 e. The third-order valence-corrected chi connectivity index (χ3v) is 7.51. The van der Waals surface area contributed by atoms with Crippen molar-refractivity contribution in [1.82, 2.24) is 14.3 Å². The van der Waals surface area contributed by atoms with E-state index in [4.69, 9.17) is 5.73 Å². The Labute approximate surface area is 201 Å². The molecule has 1 aromatic carbocycles. The summed E-state index contributed by atoms with van der Waals surface area (Å²) in [6.45, 7) is 0. The number of carbonyl (C=O) groups excluding carboxylic acids is 1. The molecule has 0 spiro atoms. The number of nitrogens with one attached hydrogen (secondary N) is 2. The van der Waals surface area contributed by atoms with Crippen molar-refractivity contribution < 1.29 is 22.7 Å². The molecular formula is C21H17FN6O5S2. The van der Waals surface area contributed by atoms with Crippen LogP contribution in [0.4, 0.5) is 14.9 Å². The predicted octanol–water partition coefficient (Wildman–Crippen LogP) is 2.14. The van der Waals surface area contributed by atoms with Crippen LogP contribution in [-0.4, -0.2) is 42.0 Å². The van der Waals surface area contributed by atoms with Crippen LogP contribution in [0.25, 0.3) is 16.6 Å². The van der Waals surface area contributed by atoms with E-state index in [0.717, 1.165) is 16.7 Å². The molecule has 11 nitrogen and oxygen atoms in total. The van der Waals surface area contributed by atoms with E-state index >= 15 is 0 Å². The monoisotopic (exact) mass is 516 g/mol. The van der Waals surface area contributed by atoms with E-state index in [1.54, 1.807) is 22.9 Å². The highest BCUT2D eigenvalue weighted by molar-refractivity contribution is 7.92. The van der Waals surface area contributed by atoms with Crippen LogP contribution < -0.4 is 21.3 Å². The highest BCUT2D eigenvalue weighted by atomic mass is 32.2. The number of halogens is 1. The lowest BCUT2D eigenvalue weighted by molar-refractivity contribution is 0.256. The van der Waals surface area contributed by atoms with Gasteiger partial charge in [0.25, 0.3) is 15.6 Å². The predicted molar refractivity (Wildman–Crippen MR) is 129 cm³/mol. The SMILES string of the molecule is CN=C(N)c1ccc2c(O)n(-c3ccc(NC(=O)NS(=O)(=O)c4ccc(F)s4)cn3)c(=O)cc2c1. The number of aromatic hydroxyl groups is 1. The molecule has 0 fully saturated rings. The second-order valence-electron chi connectivity index (χ2n) is 7.08. The summed E-state index contributed by atoms with van der Waals surface area (Å²) in [5.74, 6) is -0.0215. The Balaban J connectivity index is 1.57. The van der Waals surface area contributed by atoms with Gasteiger partial charge in [-0.1, -0.05) is 17.4 Å². The number of thiophene rings is 1. The van der Waals surface area contributed by atoms with Gasteiger partial charge in [0.1, 0.15) is 15.9 Å². The number of amidine groups is 1. The number of hydrogen-bond donors (Lipinski definition) is 4. The first kappa shape index (κ1) is 23.8. The van der Waals surface area contributed by atoms with E-state index in [1.165, 1.54) is 31.4 Å². The van der Waals surface area contributed by atoms with Crippen LogP contribution in [0.3, 0.4) is 0 Å². The van der Waals surface area contributed by atoms with Crippen LogP contribution in [0.5, 0.6) is 5.88 Å². The van der Waals surface area contributed by atoms with Gasteiger partial charge in [-0.05, 0) is 41.8 Å². The second-order valence-corrected chi connectivity index (χ2v) is 10.0. The van der Waals surface area contributed by atoms with Crippen LogP contribution in [-0.2, 0) is 10.0 Å². The van der Waals surface area contributed by atoms with Gasteiger partial charge in [0, 0.05) is 24.1 Å². The summed E-state index contributed by atoms with van der Waals surface area (Å²) < 4.78 is 39.7. The Morgan fingerprint density at radius 3 is 2.60 bits per heavy atom.